The van der Waals surface area contributed by atoms with Crippen LogP contribution in [0.1, 0.15) is 12.5 Å². The van der Waals surface area contributed by atoms with Crippen molar-refractivity contribution in [2.24, 2.45) is 0 Å². The Balaban J connectivity index is 2.10. The van der Waals surface area contributed by atoms with Gasteiger partial charge in [0, 0.05) is 5.56 Å². The number of ether oxygens (including phenoxy) is 1. The van der Waals surface area contributed by atoms with Crippen molar-refractivity contribution < 1.29 is 13.9 Å². The number of anilines is 1. The average molecular weight is 290 g/mol. The number of aromatic nitrogens is 2. The molecule has 0 fully saturated rings. The summed E-state index contributed by atoms with van der Waals surface area (Å²) < 4.78 is 17.6. The van der Waals surface area contributed by atoms with Gasteiger partial charge >= 0.3 is 6.09 Å². The molecule has 0 saturated carbocycles. The topological polar surface area (TPSA) is 76.1 Å². The van der Waals surface area contributed by atoms with E-state index in [1.807, 2.05) is 6.92 Å². The van der Waals surface area contributed by atoms with Gasteiger partial charge in [-0.25, -0.2) is 14.6 Å². The number of hydrazine groups is 1. The molecule has 0 saturated heterocycles. The first-order valence-corrected chi connectivity index (χ1v) is 6.39. The van der Waals surface area contributed by atoms with Gasteiger partial charge in [-0.2, -0.15) is 0 Å². The van der Waals surface area contributed by atoms with Crippen LogP contribution in [0.25, 0.3) is 11.3 Å². The summed E-state index contributed by atoms with van der Waals surface area (Å²) in [6, 6.07) is 7.72. The van der Waals surface area contributed by atoms with Crippen molar-refractivity contribution in [3.8, 4) is 11.3 Å². The van der Waals surface area contributed by atoms with E-state index < -0.39 is 6.09 Å². The molecule has 1 aromatic heterocycles. The Labute approximate surface area is 121 Å². The lowest BCUT2D eigenvalue weighted by Crippen LogP contribution is -2.30. The van der Waals surface area contributed by atoms with Crippen LogP contribution in [0.4, 0.5) is 15.0 Å². The number of hydrogen-bond donors (Lipinski definition) is 2. The van der Waals surface area contributed by atoms with E-state index in [4.69, 9.17) is 4.74 Å². The van der Waals surface area contributed by atoms with E-state index >= 15 is 0 Å². The summed E-state index contributed by atoms with van der Waals surface area (Å²) in [4.78, 5) is 11.1. The fraction of sp³-hybridized carbons (Fsp3) is 0.214. The van der Waals surface area contributed by atoms with Crippen molar-refractivity contribution in [3.05, 3.63) is 41.7 Å². The molecule has 2 N–H and O–H groups in total. The Kier molecular flexibility index (Phi) is 4.65. The van der Waals surface area contributed by atoms with Crippen LogP contribution in [0.2, 0.25) is 0 Å². The predicted molar refractivity (Wildman–Crippen MR) is 75.9 cm³/mol. The maximum Gasteiger partial charge on any atom is 0.425 e. The first kappa shape index (κ1) is 14.7. The Morgan fingerprint density at radius 1 is 1.29 bits per heavy atom. The van der Waals surface area contributed by atoms with E-state index in [1.54, 1.807) is 25.1 Å². The van der Waals surface area contributed by atoms with Gasteiger partial charge < -0.3 is 4.74 Å². The molecule has 0 aliphatic rings. The van der Waals surface area contributed by atoms with Gasteiger partial charge in [-0.3, -0.25) is 5.43 Å². The Bertz CT molecular complexity index is 631. The summed E-state index contributed by atoms with van der Waals surface area (Å²) in [6.07, 6.45) is -0.598. The van der Waals surface area contributed by atoms with E-state index in [2.05, 4.69) is 21.0 Å². The van der Waals surface area contributed by atoms with Crippen LogP contribution in [-0.2, 0) is 4.74 Å². The molecule has 0 atom stereocenters. The van der Waals surface area contributed by atoms with Gasteiger partial charge in [-0.1, -0.05) is 0 Å². The monoisotopic (exact) mass is 290 g/mol. The first-order valence-electron chi connectivity index (χ1n) is 6.39. The highest BCUT2D eigenvalue weighted by molar-refractivity contribution is 5.69. The van der Waals surface area contributed by atoms with E-state index in [0.29, 0.717) is 11.5 Å². The first-order chi connectivity index (χ1) is 10.1. The van der Waals surface area contributed by atoms with Gasteiger partial charge in [0.1, 0.15) is 5.82 Å². The fourth-order valence-corrected chi connectivity index (χ4v) is 1.72. The number of aryl methyl sites for hydroxylation is 1. The summed E-state index contributed by atoms with van der Waals surface area (Å²) in [7, 11) is 0. The van der Waals surface area contributed by atoms with E-state index in [-0.39, 0.29) is 12.4 Å². The summed E-state index contributed by atoms with van der Waals surface area (Å²) in [5.74, 6) is 0.0766. The lowest BCUT2D eigenvalue weighted by molar-refractivity contribution is 0.154. The number of halogens is 1. The molecule has 7 heteroatoms. The number of carbonyl (C=O) groups excluding carboxylic acids is 1. The lowest BCUT2D eigenvalue weighted by Gasteiger charge is -2.09. The summed E-state index contributed by atoms with van der Waals surface area (Å²) in [6.45, 7) is 3.84. The number of benzene rings is 1. The third kappa shape index (κ3) is 3.88. The minimum atomic E-state index is -0.598. The molecular weight excluding hydrogens is 275 g/mol. The van der Waals surface area contributed by atoms with Crippen LogP contribution in [-0.4, -0.2) is 22.9 Å². The molecule has 110 valence electrons. The minimum absolute atomic E-state index is 0.279. The molecule has 1 amide bonds. The molecular formula is C14H15FN4O2. The highest BCUT2D eigenvalue weighted by Gasteiger charge is 2.07. The second kappa shape index (κ2) is 6.65. The van der Waals surface area contributed by atoms with Crippen LogP contribution < -0.4 is 10.9 Å². The molecule has 1 aromatic carbocycles. The molecule has 6 nitrogen and oxygen atoms in total. The maximum absolute atomic E-state index is 12.9. The third-order valence-electron chi connectivity index (χ3n) is 2.67. The minimum Gasteiger partial charge on any atom is -0.449 e. The largest absolute Gasteiger partial charge is 0.449 e. The summed E-state index contributed by atoms with van der Waals surface area (Å²) in [5, 5.41) is 8.02. The van der Waals surface area contributed by atoms with Gasteiger partial charge in [0.05, 0.1) is 12.3 Å². The SMILES string of the molecule is CCOC(=O)NNc1cc(C)c(-c2ccc(F)cc2)nn1. The normalized spacial score (nSPS) is 10.0. The highest BCUT2D eigenvalue weighted by Crippen LogP contribution is 2.21. The predicted octanol–water partition coefficient (Wildman–Crippen LogP) is 2.66. The average Bonchev–Trinajstić information content (AvgIpc) is 2.47. The van der Waals surface area contributed by atoms with Crippen molar-refractivity contribution in [2.75, 3.05) is 12.0 Å². The maximum atomic E-state index is 12.9. The second-order valence-electron chi connectivity index (χ2n) is 4.24. The van der Waals surface area contributed by atoms with Crippen LogP contribution in [0.15, 0.2) is 30.3 Å². The van der Waals surface area contributed by atoms with Crippen molar-refractivity contribution in [1.82, 2.24) is 15.6 Å². The molecule has 0 aliphatic carbocycles. The summed E-state index contributed by atoms with van der Waals surface area (Å²) >= 11 is 0. The van der Waals surface area contributed by atoms with Gasteiger partial charge in [-0.15, -0.1) is 10.2 Å². The van der Waals surface area contributed by atoms with Crippen molar-refractivity contribution in [2.45, 2.75) is 13.8 Å². The Morgan fingerprint density at radius 2 is 2.00 bits per heavy atom. The number of nitrogens with zero attached hydrogens (tertiary/aromatic N) is 2. The Morgan fingerprint density at radius 3 is 2.62 bits per heavy atom. The van der Waals surface area contributed by atoms with Crippen LogP contribution in [0.5, 0.6) is 0 Å². The van der Waals surface area contributed by atoms with Gasteiger partial charge in [0.2, 0.25) is 0 Å². The number of amides is 1. The number of nitrogens with one attached hydrogen (secondary N) is 2. The third-order valence-corrected chi connectivity index (χ3v) is 2.67. The molecule has 0 unspecified atom stereocenters. The summed E-state index contributed by atoms with van der Waals surface area (Å²) in [5.41, 5.74) is 7.19. The number of hydrogen-bond acceptors (Lipinski definition) is 5. The molecule has 2 aromatic rings. The van der Waals surface area contributed by atoms with E-state index in [9.17, 15) is 9.18 Å². The zero-order chi connectivity index (χ0) is 15.2. The lowest BCUT2D eigenvalue weighted by atomic mass is 10.1. The molecule has 1 heterocycles. The van der Waals surface area contributed by atoms with Crippen LogP contribution in [0, 0.1) is 12.7 Å². The quantitative estimate of drug-likeness (QED) is 0.847. The molecule has 0 radical (unpaired) electrons. The van der Waals surface area contributed by atoms with E-state index in [1.165, 1.54) is 12.1 Å². The highest BCUT2D eigenvalue weighted by atomic mass is 19.1. The van der Waals surface area contributed by atoms with E-state index in [0.717, 1.165) is 11.1 Å². The van der Waals surface area contributed by atoms with Crippen molar-refractivity contribution in [3.63, 3.8) is 0 Å². The standard InChI is InChI=1S/C14H15FN4O2/c1-3-21-14(20)19-17-12-8-9(2)13(18-16-12)10-4-6-11(15)7-5-10/h4-8H,3H2,1-2H3,(H,16,17)(H,19,20). The zero-order valence-electron chi connectivity index (χ0n) is 11.7. The van der Waals surface area contributed by atoms with Gasteiger partial charge in [0.15, 0.2) is 5.82 Å². The van der Waals surface area contributed by atoms with Crippen molar-refractivity contribution in [1.29, 1.82) is 0 Å². The molecule has 0 bridgehead atoms. The molecule has 21 heavy (non-hydrogen) atoms. The smallest absolute Gasteiger partial charge is 0.425 e. The second-order valence-corrected chi connectivity index (χ2v) is 4.24. The molecule has 2 rings (SSSR count). The molecule has 0 spiro atoms. The Hall–Kier alpha value is -2.70. The zero-order valence-corrected chi connectivity index (χ0v) is 11.7. The van der Waals surface area contributed by atoms with Crippen LogP contribution in [0.3, 0.4) is 0 Å². The number of carbonyl (C=O) groups is 1. The molecule has 0 aliphatic heterocycles. The number of rotatable bonds is 4. The van der Waals surface area contributed by atoms with Gasteiger partial charge in [0.25, 0.3) is 0 Å². The van der Waals surface area contributed by atoms with Crippen LogP contribution >= 0.6 is 0 Å². The van der Waals surface area contributed by atoms with Gasteiger partial charge in [-0.05, 0) is 49.7 Å². The fourth-order valence-electron chi connectivity index (χ4n) is 1.72. The van der Waals surface area contributed by atoms with Crippen molar-refractivity contribution >= 4 is 11.9 Å².